The molecule has 1 aromatic carbocycles. The van der Waals surface area contributed by atoms with Gasteiger partial charge in [0.25, 0.3) is 5.91 Å². The van der Waals surface area contributed by atoms with Crippen LogP contribution in [0.25, 0.3) is 0 Å². The van der Waals surface area contributed by atoms with Gasteiger partial charge in [-0.1, -0.05) is 6.07 Å². The second-order valence-electron chi connectivity index (χ2n) is 6.92. The first-order chi connectivity index (χ1) is 14.4. The molecule has 1 N–H and O–H groups in total. The van der Waals surface area contributed by atoms with Crippen molar-refractivity contribution in [1.82, 2.24) is 14.2 Å². The quantitative estimate of drug-likeness (QED) is 0.625. The number of piperazine rings is 1. The van der Waals surface area contributed by atoms with Crippen molar-refractivity contribution in [2.45, 2.75) is 4.90 Å². The van der Waals surface area contributed by atoms with Gasteiger partial charge in [-0.15, -0.1) is 0 Å². The summed E-state index contributed by atoms with van der Waals surface area (Å²) in [6.07, 6.45) is 1.48. The third-order valence-electron chi connectivity index (χ3n) is 4.73. The van der Waals surface area contributed by atoms with Crippen LogP contribution < -0.4 is 10.1 Å². The molecule has 0 aliphatic carbocycles. The van der Waals surface area contributed by atoms with Gasteiger partial charge in [0.05, 0.1) is 23.4 Å². The first-order valence-electron chi connectivity index (χ1n) is 9.58. The van der Waals surface area contributed by atoms with Gasteiger partial charge in [0, 0.05) is 44.9 Å². The minimum atomic E-state index is -3.64. The van der Waals surface area contributed by atoms with Crippen LogP contribution in [0.4, 0.5) is 5.69 Å². The average Bonchev–Trinajstić information content (AvgIpc) is 2.75. The normalized spacial score (nSPS) is 15.7. The van der Waals surface area contributed by atoms with E-state index in [4.69, 9.17) is 9.47 Å². The van der Waals surface area contributed by atoms with E-state index in [9.17, 15) is 13.2 Å². The molecule has 0 unspecified atom stereocenters. The van der Waals surface area contributed by atoms with Gasteiger partial charge in [0.2, 0.25) is 15.9 Å². The molecule has 9 nitrogen and oxygen atoms in total. The lowest BCUT2D eigenvalue weighted by Gasteiger charge is -2.31. The highest BCUT2D eigenvalue weighted by atomic mass is 32.2. The predicted octanol–water partition coefficient (Wildman–Crippen LogP) is 1.30. The van der Waals surface area contributed by atoms with E-state index in [0.717, 1.165) is 0 Å². The molecule has 2 aromatic rings. The van der Waals surface area contributed by atoms with Gasteiger partial charge in [-0.2, -0.15) is 4.31 Å². The van der Waals surface area contributed by atoms with Crippen molar-refractivity contribution in [2.24, 2.45) is 0 Å². The highest BCUT2D eigenvalue weighted by Crippen LogP contribution is 2.20. The summed E-state index contributed by atoms with van der Waals surface area (Å²) < 4.78 is 37.6. The van der Waals surface area contributed by atoms with Crippen molar-refractivity contribution < 1.29 is 22.7 Å². The van der Waals surface area contributed by atoms with Crippen LogP contribution in [0.5, 0.6) is 5.88 Å². The zero-order chi connectivity index (χ0) is 21.6. The summed E-state index contributed by atoms with van der Waals surface area (Å²) in [5.41, 5.74) is 0.733. The number of ether oxygens (including phenoxy) is 2. The summed E-state index contributed by atoms with van der Waals surface area (Å²) in [5, 5.41) is 2.72. The Hall–Kier alpha value is -2.53. The molecular formula is C20H26N4O5S. The number of hydrogen-bond donors (Lipinski definition) is 1. The van der Waals surface area contributed by atoms with Crippen molar-refractivity contribution in [3.8, 4) is 5.88 Å². The topological polar surface area (TPSA) is 101 Å². The van der Waals surface area contributed by atoms with Crippen molar-refractivity contribution >= 4 is 21.6 Å². The molecule has 1 saturated heterocycles. The second kappa shape index (κ2) is 9.98. The fraction of sp³-hybridized carbons (Fsp3) is 0.400. The molecule has 2 heterocycles. The van der Waals surface area contributed by atoms with Gasteiger partial charge >= 0.3 is 0 Å². The zero-order valence-electron chi connectivity index (χ0n) is 17.1. The van der Waals surface area contributed by atoms with E-state index < -0.39 is 15.9 Å². The molecule has 0 spiro atoms. The van der Waals surface area contributed by atoms with Gasteiger partial charge in [-0.3, -0.25) is 4.79 Å². The molecule has 3 rings (SSSR count). The molecule has 0 radical (unpaired) electrons. The lowest BCUT2D eigenvalue weighted by molar-refractivity contribution is 0.102. The SMILES string of the molecule is COCCOc1ccc(NC(=O)c2cccc(S(=O)(=O)N3CCN(C)CC3)c2)cn1. The van der Waals surface area contributed by atoms with Crippen LogP contribution in [0.3, 0.4) is 0 Å². The number of benzene rings is 1. The Morgan fingerprint density at radius 1 is 1.13 bits per heavy atom. The van der Waals surface area contributed by atoms with E-state index >= 15 is 0 Å². The number of rotatable bonds is 8. The Morgan fingerprint density at radius 2 is 1.90 bits per heavy atom. The molecule has 10 heteroatoms. The number of hydrogen-bond acceptors (Lipinski definition) is 7. The molecule has 30 heavy (non-hydrogen) atoms. The molecule has 0 saturated carbocycles. The number of pyridine rings is 1. The van der Waals surface area contributed by atoms with Gasteiger partial charge in [0.1, 0.15) is 6.61 Å². The van der Waals surface area contributed by atoms with Crippen molar-refractivity contribution in [3.63, 3.8) is 0 Å². The number of aromatic nitrogens is 1. The number of sulfonamides is 1. The molecular weight excluding hydrogens is 408 g/mol. The maximum atomic E-state index is 12.9. The average molecular weight is 435 g/mol. The minimum absolute atomic E-state index is 0.111. The highest BCUT2D eigenvalue weighted by Gasteiger charge is 2.27. The van der Waals surface area contributed by atoms with E-state index in [1.54, 1.807) is 31.4 Å². The maximum Gasteiger partial charge on any atom is 0.255 e. The first-order valence-corrected chi connectivity index (χ1v) is 11.0. The van der Waals surface area contributed by atoms with Gasteiger partial charge < -0.3 is 19.7 Å². The lowest BCUT2D eigenvalue weighted by Crippen LogP contribution is -2.47. The number of nitrogens with zero attached hydrogens (tertiary/aromatic N) is 3. The van der Waals surface area contributed by atoms with Gasteiger partial charge in [-0.05, 0) is 31.3 Å². The molecule has 1 amide bonds. The van der Waals surface area contributed by atoms with Crippen molar-refractivity contribution in [3.05, 3.63) is 48.2 Å². The molecule has 0 bridgehead atoms. The molecule has 1 aliphatic heterocycles. The molecule has 1 fully saturated rings. The first kappa shape index (κ1) is 22.2. The maximum absolute atomic E-state index is 12.9. The number of nitrogens with one attached hydrogen (secondary N) is 1. The van der Waals surface area contributed by atoms with Crippen LogP contribution in [-0.4, -0.2) is 82.1 Å². The Kier molecular flexibility index (Phi) is 7.38. The largest absolute Gasteiger partial charge is 0.475 e. The summed E-state index contributed by atoms with van der Waals surface area (Å²) in [4.78, 5) is 18.9. The fourth-order valence-corrected chi connectivity index (χ4v) is 4.42. The summed E-state index contributed by atoms with van der Waals surface area (Å²) in [5.74, 6) is 0.00518. The Labute approximate surface area is 176 Å². The van der Waals surface area contributed by atoms with Crippen LogP contribution in [-0.2, 0) is 14.8 Å². The summed E-state index contributed by atoms with van der Waals surface area (Å²) >= 11 is 0. The number of carbonyl (C=O) groups is 1. The molecule has 1 aliphatic rings. The Bertz CT molecular complexity index is 957. The predicted molar refractivity (Wildman–Crippen MR) is 112 cm³/mol. The molecule has 1 aromatic heterocycles. The molecule has 162 valence electrons. The van der Waals surface area contributed by atoms with Crippen molar-refractivity contribution in [1.29, 1.82) is 0 Å². The zero-order valence-corrected chi connectivity index (χ0v) is 17.9. The van der Waals surface area contributed by atoms with E-state index in [-0.39, 0.29) is 10.5 Å². The van der Waals surface area contributed by atoms with Crippen molar-refractivity contribution in [2.75, 3.05) is 58.9 Å². The summed E-state index contributed by atoms with van der Waals surface area (Å²) in [6.45, 7) is 3.05. The van der Waals surface area contributed by atoms with Crippen LogP contribution in [0.15, 0.2) is 47.5 Å². The lowest BCUT2D eigenvalue weighted by atomic mass is 10.2. The fourth-order valence-electron chi connectivity index (χ4n) is 2.95. The number of methoxy groups -OCH3 is 1. The third-order valence-corrected chi connectivity index (χ3v) is 6.62. The highest BCUT2D eigenvalue weighted by molar-refractivity contribution is 7.89. The van der Waals surface area contributed by atoms with E-state index in [1.807, 2.05) is 7.05 Å². The van der Waals surface area contributed by atoms with Crippen LogP contribution in [0.2, 0.25) is 0 Å². The molecule has 0 atom stereocenters. The van der Waals surface area contributed by atoms with E-state index in [1.165, 1.54) is 22.6 Å². The van der Waals surface area contributed by atoms with Crippen LogP contribution in [0.1, 0.15) is 10.4 Å². The Balaban J connectivity index is 1.67. The monoisotopic (exact) mass is 434 g/mol. The summed E-state index contributed by atoms with van der Waals surface area (Å²) in [6, 6.07) is 9.37. The standard InChI is InChI=1S/C20H26N4O5S/c1-23-8-10-24(11-9-23)30(26,27)18-5-3-4-16(14-18)20(25)22-17-6-7-19(21-15-17)29-13-12-28-2/h3-7,14-15H,8-13H2,1-2H3,(H,22,25). The third kappa shape index (κ3) is 5.54. The van der Waals surface area contributed by atoms with Gasteiger partial charge in [0.15, 0.2) is 0 Å². The van der Waals surface area contributed by atoms with Crippen LogP contribution >= 0.6 is 0 Å². The van der Waals surface area contributed by atoms with E-state index in [2.05, 4.69) is 15.2 Å². The number of amides is 1. The smallest absolute Gasteiger partial charge is 0.255 e. The minimum Gasteiger partial charge on any atom is -0.475 e. The summed E-state index contributed by atoms with van der Waals surface area (Å²) in [7, 11) is -0.0990. The Morgan fingerprint density at radius 3 is 2.57 bits per heavy atom. The number of likely N-dealkylation sites (N-methyl/N-ethyl adjacent to an activating group) is 1. The number of anilines is 1. The van der Waals surface area contributed by atoms with Gasteiger partial charge in [-0.25, -0.2) is 13.4 Å². The second-order valence-corrected chi connectivity index (χ2v) is 8.85. The van der Waals surface area contributed by atoms with Crippen LogP contribution in [0, 0.1) is 0 Å². The number of carbonyl (C=O) groups excluding carboxylic acids is 1. The van der Waals surface area contributed by atoms with E-state index in [0.29, 0.717) is 51.0 Å².